The standard InChI is InChI=1S/C22H25F3N4O3/c1-15-5-2-3-7-18(15)29-19(22(23,24)25)17(13-26-29)21(31)28-8-4-6-16(14-28)20(30)27-9-11-32-12-10-27/h2-3,5,7,13,16H,4,6,8-12,14H2,1H3. The fourth-order valence-electron chi connectivity index (χ4n) is 4.34. The Kier molecular flexibility index (Phi) is 6.23. The molecule has 3 heterocycles. The summed E-state index contributed by atoms with van der Waals surface area (Å²) in [5.41, 5.74) is -0.731. The first-order valence-electron chi connectivity index (χ1n) is 10.6. The van der Waals surface area contributed by atoms with Crippen LogP contribution in [0.1, 0.15) is 34.5 Å². The van der Waals surface area contributed by atoms with Crippen molar-refractivity contribution >= 4 is 11.8 Å². The Balaban J connectivity index is 1.60. The first-order chi connectivity index (χ1) is 15.3. The summed E-state index contributed by atoms with van der Waals surface area (Å²) in [5.74, 6) is -1.25. The minimum Gasteiger partial charge on any atom is -0.378 e. The SMILES string of the molecule is Cc1ccccc1-n1ncc(C(=O)N2CCCC(C(=O)N3CCOCC3)C2)c1C(F)(F)F. The summed E-state index contributed by atoms with van der Waals surface area (Å²) in [6.07, 6.45) is -2.64. The van der Waals surface area contributed by atoms with Crippen molar-refractivity contribution in [3.8, 4) is 5.69 Å². The highest BCUT2D eigenvalue weighted by molar-refractivity contribution is 5.96. The van der Waals surface area contributed by atoms with Crippen molar-refractivity contribution in [1.82, 2.24) is 19.6 Å². The average Bonchev–Trinajstić information content (AvgIpc) is 3.25. The molecule has 2 fully saturated rings. The maximum Gasteiger partial charge on any atom is 0.434 e. The van der Waals surface area contributed by atoms with Gasteiger partial charge in [0.05, 0.1) is 36.6 Å². The maximum atomic E-state index is 14.0. The van der Waals surface area contributed by atoms with E-state index in [1.807, 2.05) is 0 Å². The number of halogens is 3. The second-order valence-corrected chi connectivity index (χ2v) is 8.13. The Morgan fingerprint density at radius 3 is 2.50 bits per heavy atom. The third kappa shape index (κ3) is 4.36. The van der Waals surface area contributed by atoms with Crippen LogP contribution < -0.4 is 0 Å². The van der Waals surface area contributed by atoms with Crippen LogP contribution in [-0.2, 0) is 15.7 Å². The van der Waals surface area contributed by atoms with Gasteiger partial charge in [-0.2, -0.15) is 18.3 Å². The van der Waals surface area contributed by atoms with Crippen molar-refractivity contribution in [1.29, 1.82) is 0 Å². The number of rotatable bonds is 3. The molecule has 4 rings (SSSR count). The Morgan fingerprint density at radius 2 is 1.81 bits per heavy atom. The van der Waals surface area contributed by atoms with Gasteiger partial charge in [-0.25, -0.2) is 4.68 Å². The fourth-order valence-corrected chi connectivity index (χ4v) is 4.34. The van der Waals surface area contributed by atoms with Crippen LogP contribution in [0.4, 0.5) is 13.2 Å². The molecule has 0 aliphatic carbocycles. The molecule has 0 saturated carbocycles. The van der Waals surface area contributed by atoms with Gasteiger partial charge in [-0.1, -0.05) is 18.2 Å². The molecule has 2 aliphatic rings. The Morgan fingerprint density at radius 1 is 1.09 bits per heavy atom. The highest BCUT2D eigenvalue weighted by atomic mass is 19.4. The number of aryl methyl sites for hydroxylation is 1. The van der Waals surface area contributed by atoms with Gasteiger partial charge >= 0.3 is 6.18 Å². The van der Waals surface area contributed by atoms with Gasteiger partial charge in [-0.15, -0.1) is 0 Å². The van der Waals surface area contributed by atoms with E-state index in [2.05, 4.69) is 5.10 Å². The average molecular weight is 450 g/mol. The molecule has 1 aromatic carbocycles. The van der Waals surface area contributed by atoms with Crippen LogP contribution in [0.3, 0.4) is 0 Å². The minimum atomic E-state index is -4.78. The van der Waals surface area contributed by atoms with Crippen LogP contribution >= 0.6 is 0 Å². The Labute approximate surface area is 183 Å². The molecule has 0 bridgehead atoms. The molecule has 1 unspecified atom stereocenters. The molecule has 0 radical (unpaired) electrons. The van der Waals surface area contributed by atoms with E-state index in [9.17, 15) is 22.8 Å². The number of hydrogen-bond acceptors (Lipinski definition) is 4. The van der Waals surface area contributed by atoms with E-state index in [-0.39, 0.29) is 18.1 Å². The molecule has 2 aliphatic heterocycles. The molecular weight excluding hydrogens is 425 g/mol. The van der Waals surface area contributed by atoms with E-state index in [1.165, 1.54) is 11.0 Å². The van der Waals surface area contributed by atoms with Gasteiger partial charge in [0.2, 0.25) is 5.91 Å². The van der Waals surface area contributed by atoms with Gasteiger partial charge in [0.1, 0.15) is 0 Å². The monoisotopic (exact) mass is 450 g/mol. The predicted molar refractivity (Wildman–Crippen MR) is 109 cm³/mol. The largest absolute Gasteiger partial charge is 0.434 e. The van der Waals surface area contributed by atoms with Crippen LogP contribution in [0.2, 0.25) is 0 Å². The molecule has 172 valence electrons. The van der Waals surface area contributed by atoms with Crippen molar-refractivity contribution in [2.24, 2.45) is 5.92 Å². The third-order valence-electron chi connectivity index (χ3n) is 5.99. The highest BCUT2D eigenvalue weighted by Gasteiger charge is 2.42. The molecule has 32 heavy (non-hydrogen) atoms. The maximum absolute atomic E-state index is 14.0. The number of hydrogen-bond donors (Lipinski definition) is 0. The Bertz CT molecular complexity index is 999. The van der Waals surface area contributed by atoms with Crippen LogP contribution in [0.25, 0.3) is 5.69 Å². The lowest BCUT2D eigenvalue weighted by Crippen LogP contribution is -2.49. The molecule has 2 aromatic rings. The number of carbonyl (C=O) groups is 2. The normalized spacial score (nSPS) is 19.8. The van der Waals surface area contributed by atoms with Gasteiger partial charge in [-0.05, 0) is 31.4 Å². The van der Waals surface area contributed by atoms with Crippen LogP contribution in [-0.4, -0.2) is 70.8 Å². The first-order valence-corrected chi connectivity index (χ1v) is 10.6. The van der Waals surface area contributed by atoms with E-state index in [0.29, 0.717) is 51.3 Å². The lowest BCUT2D eigenvalue weighted by Gasteiger charge is -2.36. The molecule has 7 nitrogen and oxygen atoms in total. The van der Waals surface area contributed by atoms with Gasteiger partial charge < -0.3 is 14.5 Å². The van der Waals surface area contributed by atoms with E-state index in [1.54, 1.807) is 30.0 Å². The van der Waals surface area contributed by atoms with Gasteiger partial charge in [0.15, 0.2) is 5.69 Å². The summed E-state index contributed by atoms with van der Waals surface area (Å²) in [6, 6.07) is 6.56. The number of carbonyl (C=O) groups excluding carboxylic acids is 2. The van der Waals surface area contributed by atoms with E-state index in [0.717, 1.165) is 10.9 Å². The summed E-state index contributed by atoms with van der Waals surface area (Å²) >= 11 is 0. The van der Waals surface area contributed by atoms with E-state index < -0.39 is 29.3 Å². The quantitative estimate of drug-likeness (QED) is 0.721. The Hall–Kier alpha value is -2.88. The number of morpholine rings is 1. The molecule has 2 amide bonds. The second kappa shape index (κ2) is 8.93. The number of amides is 2. The number of alkyl halides is 3. The lowest BCUT2D eigenvalue weighted by atomic mass is 9.95. The van der Waals surface area contributed by atoms with Crippen molar-refractivity contribution in [2.75, 3.05) is 39.4 Å². The van der Waals surface area contributed by atoms with E-state index in [4.69, 9.17) is 4.74 Å². The van der Waals surface area contributed by atoms with E-state index >= 15 is 0 Å². The third-order valence-corrected chi connectivity index (χ3v) is 5.99. The van der Waals surface area contributed by atoms with Crippen molar-refractivity contribution in [3.05, 3.63) is 47.3 Å². The molecular formula is C22H25F3N4O3. The highest BCUT2D eigenvalue weighted by Crippen LogP contribution is 2.35. The van der Waals surface area contributed by atoms with Crippen molar-refractivity contribution in [2.45, 2.75) is 25.9 Å². The van der Waals surface area contributed by atoms with Crippen molar-refractivity contribution < 1.29 is 27.5 Å². The molecule has 1 atom stereocenters. The number of likely N-dealkylation sites (tertiary alicyclic amines) is 1. The summed E-state index contributed by atoms with van der Waals surface area (Å²) in [5, 5.41) is 3.92. The van der Waals surface area contributed by atoms with Crippen LogP contribution in [0.15, 0.2) is 30.5 Å². The number of piperidine rings is 1. The number of nitrogens with zero attached hydrogens (tertiary/aromatic N) is 4. The number of para-hydroxylation sites is 1. The minimum absolute atomic E-state index is 0.0718. The van der Waals surface area contributed by atoms with Gasteiger partial charge in [0.25, 0.3) is 5.91 Å². The van der Waals surface area contributed by atoms with Gasteiger partial charge in [-0.3, -0.25) is 9.59 Å². The molecule has 0 spiro atoms. The van der Waals surface area contributed by atoms with Gasteiger partial charge in [0, 0.05) is 26.2 Å². The van der Waals surface area contributed by atoms with Crippen molar-refractivity contribution in [3.63, 3.8) is 0 Å². The summed E-state index contributed by atoms with van der Waals surface area (Å²) in [7, 11) is 0. The summed E-state index contributed by atoms with van der Waals surface area (Å²) in [6.45, 7) is 4.00. The molecule has 1 aromatic heterocycles. The van der Waals surface area contributed by atoms with Crippen LogP contribution in [0, 0.1) is 12.8 Å². The second-order valence-electron chi connectivity index (χ2n) is 8.13. The smallest absolute Gasteiger partial charge is 0.378 e. The number of benzene rings is 1. The first kappa shape index (κ1) is 22.3. The zero-order valence-corrected chi connectivity index (χ0v) is 17.8. The zero-order chi connectivity index (χ0) is 22.9. The topological polar surface area (TPSA) is 67.7 Å². The summed E-state index contributed by atoms with van der Waals surface area (Å²) < 4.78 is 48.1. The summed E-state index contributed by atoms with van der Waals surface area (Å²) in [4.78, 5) is 29.1. The lowest BCUT2D eigenvalue weighted by molar-refractivity contribution is -0.143. The molecule has 0 N–H and O–H groups in total. The predicted octanol–water partition coefficient (Wildman–Crippen LogP) is 2.91. The molecule has 10 heteroatoms. The number of aromatic nitrogens is 2. The number of ether oxygens (including phenoxy) is 1. The van der Waals surface area contributed by atoms with Crippen LogP contribution in [0.5, 0.6) is 0 Å². The molecule has 2 saturated heterocycles. The fraction of sp³-hybridized carbons (Fsp3) is 0.500. The zero-order valence-electron chi connectivity index (χ0n) is 17.8.